The fraction of sp³-hybridized carbons (Fsp3) is 0.111. The number of aromatic nitrogens is 3. The molecule has 2 heterocycles. The van der Waals surface area contributed by atoms with E-state index in [1.807, 2.05) is 17.7 Å². The molecule has 0 radical (unpaired) electrons. The summed E-state index contributed by atoms with van der Waals surface area (Å²) in [6.45, 7) is 3.67. The Hall–Kier alpha value is -1.35. The first-order valence-corrected chi connectivity index (χ1v) is 4.21. The molecule has 0 aliphatic heterocycles. The lowest BCUT2D eigenvalue weighted by Gasteiger charge is -1.94. The molecule has 0 saturated carbocycles. The number of hydrogen-bond donors (Lipinski definition) is 0. The van der Waals surface area contributed by atoms with Gasteiger partial charge >= 0.3 is 0 Å². The summed E-state index contributed by atoms with van der Waals surface area (Å²) in [6, 6.07) is 3.64. The number of halogens is 1. The average Bonchev–Trinajstić information content (AvgIpc) is 2.42. The molecule has 0 fully saturated rings. The Bertz CT molecular complexity index is 473. The maximum Gasteiger partial charge on any atom is 0.179 e. The molecule has 0 atom stereocenters. The molecular weight excluding hydrogens is 186 g/mol. The molecule has 0 saturated heterocycles. The van der Waals surface area contributed by atoms with Gasteiger partial charge < -0.3 is 4.57 Å². The largest absolute Gasteiger partial charge is 0.326 e. The highest BCUT2D eigenvalue weighted by atomic mass is 35.5. The maximum absolute atomic E-state index is 5.74. The molecule has 0 bridgehead atoms. The summed E-state index contributed by atoms with van der Waals surface area (Å²) in [5.41, 5.74) is 1.62. The van der Waals surface area contributed by atoms with Crippen molar-refractivity contribution in [1.29, 1.82) is 0 Å². The second-order valence-corrected chi connectivity index (χ2v) is 3.10. The van der Waals surface area contributed by atoms with Crippen LogP contribution in [0, 0.1) is 0 Å². The van der Waals surface area contributed by atoms with Gasteiger partial charge in [0.15, 0.2) is 5.65 Å². The van der Waals surface area contributed by atoms with E-state index in [1.165, 1.54) is 0 Å². The summed E-state index contributed by atoms with van der Waals surface area (Å²) < 4.78 is 1.92. The third-order valence-corrected chi connectivity index (χ3v) is 2.14. The highest BCUT2D eigenvalue weighted by molar-refractivity contribution is 6.29. The molecule has 2 aromatic rings. The van der Waals surface area contributed by atoms with E-state index in [1.54, 1.807) is 12.1 Å². The average molecular weight is 194 g/mol. The van der Waals surface area contributed by atoms with Crippen molar-refractivity contribution in [3.8, 4) is 0 Å². The molecule has 0 aliphatic rings. The molecule has 0 aromatic carbocycles. The number of imidazole rings is 1. The predicted octanol–water partition coefficient (Wildman–Crippen LogP) is 2.26. The first kappa shape index (κ1) is 8.26. The third kappa shape index (κ3) is 1.21. The van der Waals surface area contributed by atoms with Crippen LogP contribution >= 0.6 is 11.6 Å². The molecule has 0 amide bonds. The lowest BCUT2D eigenvalue weighted by atomic mass is 10.4. The van der Waals surface area contributed by atoms with Gasteiger partial charge in [0.1, 0.15) is 11.0 Å². The Balaban J connectivity index is 2.83. The van der Waals surface area contributed by atoms with Crippen LogP contribution in [0.5, 0.6) is 0 Å². The van der Waals surface area contributed by atoms with Crippen LogP contribution in [0.15, 0.2) is 18.7 Å². The van der Waals surface area contributed by atoms with E-state index in [2.05, 4.69) is 16.5 Å². The number of fused-ring (bicyclic) bond motifs is 1. The third-order valence-electron chi connectivity index (χ3n) is 1.93. The minimum Gasteiger partial charge on any atom is -0.326 e. The van der Waals surface area contributed by atoms with Gasteiger partial charge in [-0.05, 0) is 18.2 Å². The van der Waals surface area contributed by atoms with Crippen molar-refractivity contribution in [1.82, 2.24) is 14.5 Å². The number of rotatable bonds is 1. The Kier molecular flexibility index (Phi) is 1.81. The predicted molar refractivity (Wildman–Crippen MR) is 53.6 cm³/mol. The SMILES string of the molecule is C=Cc1nc2nc(Cl)ccc2n1C. The van der Waals surface area contributed by atoms with Crippen LogP contribution in [-0.4, -0.2) is 14.5 Å². The van der Waals surface area contributed by atoms with E-state index in [4.69, 9.17) is 11.6 Å². The normalized spacial score (nSPS) is 10.6. The summed E-state index contributed by atoms with van der Waals surface area (Å²) >= 11 is 5.74. The quantitative estimate of drug-likeness (QED) is 0.651. The van der Waals surface area contributed by atoms with E-state index < -0.39 is 0 Å². The van der Waals surface area contributed by atoms with Gasteiger partial charge in [0.25, 0.3) is 0 Å². The van der Waals surface area contributed by atoms with Crippen molar-refractivity contribution in [2.45, 2.75) is 0 Å². The van der Waals surface area contributed by atoms with Gasteiger partial charge in [-0.3, -0.25) is 0 Å². The highest BCUT2D eigenvalue weighted by Gasteiger charge is 2.05. The van der Waals surface area contributed by atoms with E-state index >= 15 is 0 Å². The second-order valence-electron chi connectivity index (χ2n) is 2.71. The van der Waals surface area contributed by atoms with Gasteiger partial charge in [0.2, 0.25) is 0 Å². The van der Waals surface area contributed by atoms with Gasteiger partial charge in [-0.2, -0.15) is 0 Å². The Morgan fingerprint density at radius 3 is 2.92 bits per heavy atom. The van der Waals surface area contributed by atoms with Crippen LogP contribution in [0.1, 0.15) is 5.82 Å². The van der Waals surface area contributed by atoms with Crippen LogP contribution < -0.4 is 0 Å². The summed E-state index contributed by atoms with van der Waals surface area (Å²) in [5.74, 6) is 0.796. The maximum atomic E-state index is 5.74. The molecule has 0 spiro atoms. The van der Waals surface area contributed by atoms with Crippen LogP contribution in [0.3, 0.4) is 0 Å². The Morgan fingerprint density at radius 2 is 2.23 bits per heavy atom. The van der Waals surface area contributed by atoms with Gasteiger partial charge in [-0.1, -0.05) is 18.2 Å². The summed E-state index contributed by atoms with van der Waals surface area (Å²) in [5, 5.41) is 0.459. The molecule has 4 heteroatoms. The summed E-state index contributed by atoms with van der Waals surface area (Å²) in [4.78, 5) is 8.33. The molecule has 0 aliphatic carbocycles. The zero-order valence-corrected chi connectivity index (χ0v) is 7.91. The minimum atomic E-state index is 0.459. The number of pyridine rings is 1. The van der Waals surface area contributed by atoms with Crippen LogP contribution in [0.4, 0.5) is 0 Å². The second kappa shape index (κ2) is 2.85. The van der Waals surface area contributed by atoms with Crippen LogP contribution in [0.25, 0.3) is 17.2 Å². The smallest absolute Gasteiger partial charge is 0.179 e. The van der Waals surface area contributed by atoms with Gasteiger partial charge in [-0.25, -0.2) is 9.97 Å². The van der Waals surface area contributed by atoms with Crippen molar-refractivity contribution in [2.75, 3.05) is 0 Å². The van der Waals surface area contributed by atoms with E-state index in [0.29, 0.717) is 10.8 Å². The standard InChI is InChI=1S/C9H8ClN3/c1-3-8-12-9-6(13(8)2)4-5-7(10)11-9/h3-5H,1H2,2H3. The van der Waals surface area contributed by atoms with Crippen molar-refractivity contribution in [3.05, 3.63) is 29.7 Å². The first-order valence-electron chi connectivity index (χ1n) is 3.84. The summed E-state index contributed by atoms with van der Waals surface area (Å²) in [6.07, 6.45) is 1.69. The molecule has 2 rings (SSSR count). The fourth-order valence-electron chi connectivity index (χ4n) is 1.25. The monoisotopic (exact) mass is 193 g/mol. The zero-order valence-electron chi connectivity index (χ0n) is 7.16. The lowest BCUT2D eigenvalue weighted by molar-refractivity contribution is 0.930. The summed E-state index contributed by atoms with van der Waals surface area (Å²) in [7, 11) is 1.92. The van der Waals surface area contributed by atoms with Gasteiger partial charge in [-0.15, -0.1) is 0 Å². The first-order chi connectivity index (χ1) is 6.22. The van der Waals surface area contributed by atoms with Crippen molar-refractivity contribution in [2.24, 2.45) is 7.05 Å². The molecular formula is C9H8ClN3. The topological polar surface area (TPSA) is 30.7 Å². The number of aryl methyl sites for hydroxylation is 1. The molecule has 3 nitrogen and oxygen atoms in total. The lowest BCUT2D eigenvalue weighted by Crippen LogP contribution is -1.90. The number of nitrogens with zero attached hydrogens (tertiary/aromatic N) is 3. The van der Waals surface area contributed by atoms with Crippen LogP contribution in [0.2, 0.25) is 5.15 Å². The van der Waals surface area contributed by atoms with Gasteiger partial charge in [0, 0.05) is 7.05 Å². The Labute approximate surface area is 80.7 Å². The fourth-order valence-corrected chi connectivity index (χ4v) is 1.39. The molecule has 0 N–H and O–H groups in total. The molecule has 66 valence electrons. The van der Waals surface area contributed by atoms with Crippen molar-refractivity contribution >= 4 is 28.8 Å². The highest BCUT2D eigenvalue weighted by Crippen LogP contribution is 2.16. The van der Waals surface area contributed by atoms with Crippen LogP contribution in [-0.2, 0) is 7.05 Å². The van der Waals surface area contributed by atoms with E-state index in [9.17, 15) is 0 Å². The molecule has 0 unspecified atom stereocenters. The van der Waals surface area contributed by atoms with Crippen molar-refractivity contribution in [3.63, 3.8) is 0 Å². The van der Waals surface area contributed by atoms with Crippen molar-refractivity contribution < 1.29 is 0 Å². The zero-order chi connectivity index (χ0) is 9.42. The molecule has 13 heavy (non-hydrogen) atoms. The number of hydrogen-bond acceptors (Lipinski definition) is 2. The van der Waals surface area contributed by atoms with E-state index in [0.717, 1.165) is 11.3 Å². The van der Waals surface area contributed by atoms with Gasteiger partial charge in [0.05, 0.1) is 5.52 Å². The Morgan fingerprint density at radius 1 is 1.46 bits per heavy atom. The minimum absolute atomic E-state index is 0.459. The molecule has 2 aromatic heterocycles. The van der Waals surface area contributed by atoms with E-state index in [-0.39, 0.29) is 0 Å².